The number of nitrogens with one attached hydrogen (secondary N) is 2. The predicted molar refractivity (Wildman–Crippen MR) is 342 cm³/mol. The first kappa shape index (κ1) is 58.9. The van der Waals surface area contributed by atoms with E-state index < -0.39 is 0 Å². The molecule has 2 aliphatic rings. The number of fused-ring (bicyclic) bond motifs is 20. The summed E-state index contributed by atoms with van der Waals surface area (Å²) in [5.74, 6) is 2.88. The Hall–Kier alpha value is -5.76. The van der Waals surface area contributed by atoms with E-state index in [0.29, 0.717) is 17.5 Å². The van der Waals surface area contributed by atoms with Crippen LogP contribution in [0.3, 0.4) is 0 Å². The molecule has 0 unspecified atom stereocenters. The number of benzene rings is 4. The van der Waals surface area contributed by atoms with Gasteiger partial charge in [0, 0.05) is 43.8 Å². The molecule has 0 aliphatic carbocycles. The largest absolute Gasteiger partial charge is 0.324 e. The van der Waals surface area contributed by atoms with E-state index in [0.717, 1.165) is 130 Å². The number of H-pyrrole nitrogens is 2. The molecule has 0 saturated heterocycles. The highest BCUT2D eigenvalue weighted by molar-refractivity contribution is 6.07. The van der Waals surface area contributed by atoms with E-state index >= 15 is 0 Å². The first-order valence-electron chi connectivity index (χ1n) is 32.8. The van der Waals surface area contributed by atoms with Gasteiger partial charge in [0.2, 0.25) is 0 Å². The number of unbranched alkanes of at least 4 members (excludes halogenated alkanes) is 16. The van der Waals surface area contributed by atoms with Gasteiger partial charge in [-0.05, 0) is 184 Å². The molecule has 2 aliphatic heterocycles. The average Bonchev–Trinajstić information content (AvgIpc) is 4.19. The van der Waals surface area contributed by atoms with Gasteiger partial charge in [-0.3, -0.25) is 0 Å². The molecular formula is C72H98N8. The molecule has 8 nitrogen and oxygen atoms in total. The van der Waals surface area contributed by atoms with Crippen molar-refractivity contribution in [3.05, 3.63) is 93.0 Å². The average molecular weight is 1080 g/mol. The first-order valence-corrected chi connectivity index (χ1v) is 32.8. The van der Waals surface area contributed by atoms with Crippen LogP contribution in [0.5, 0.6) is 0 Å². The van der Waals surface area contributed by atoms with Crippen LogP contribution < -0.4 is 0 Å². The zero-order valence-electron chi connectivity index (χ0n) is 50.9. The summed E-state index contributed by atoms with van der Waals surface area (Å²) >= 11 is 0. The Bertz CT molecular complexity index is 3290. The van der Waals surface area contributed by atoms with Crippen molar-refractivity contribution < 1.29 is 0 Å². The van der Waals surface area contributed by atoms with Crippen molar-refractivity contribution in [1.29, 1.82) is 0 Å². The second kappa shape index (κ2) is 29.3. The summed E-state index contributed by atoms with van der Waals surface area (Å²) in [6.07, 6.45) is 36.9. The van der Waals surface area contributed by atoms with Crippen LogP contribution in [0, 0.1) is 0 Å². The molecule has 0 spiro atoms. The van der Waals surface area contributed by atoms with Crippen LogP contribution in [0.2, 0.25) is 0 Å². The molecule has 9 rings (SSSR count). The van der Waals surface area contributed by atoms with Gasteiger partial charge in [0.25, 0.3) is 0 Å². The van der Waals surface area contributed by atoms with Gasteiger partial charge < -0.3 is 9.97 Å². The van der Waals surface area contributed by atoms with Gasteiger partial charge in [0.15, 0.2) is 23.3 Å². The quantitative estimate of drug-likeness (QED) is 0.0407. The van der Waals surface area contributed by atoms with Gasteiger partial charge in [0.05, 0.1) is 0 Å². The molecule has 8 heteroatoms. The number of aryl methyl sites for hydroxylation is 7. The van der Waals surface area contributed by atoms with E-state index in [1.165, 1.54) is 192 Å². The van der Waals surface area contributed by atoms with Crippen LogP contribution in [-0.2, 0) is 51.4 Å². The molecule has 5 heterocycles. The summed E-state index contributed by atoms with van der Waals surface area (Å²) < 4.78 is 0. The van der Waals surface area contributed by atoms with Crippen LogP contribution in [0.25, 0.3) is 89.7 Å². The Morgan fingerprint density at radius 1 is 0.263 bits per heavy atom. The molecule has 4 aromatic carbocycles. The highest BCUT2D eigenvalue weighted by Gasteiger charge is 2.27. The highest BCUT2D eigenvalue weighted by Crippen LogP contribution is 2.42. The monoisotopic (exact) mass is 1070 g/mol. The molecule has 7 aromatic rings. The van der Waals surface area contributed by atoms with Crippen LogP contribution >= 0.6 is 0 Å². The Balaban J connectivity index is 1.43. The van der Waals surface area contributed by atoms with Crippen LogP contribution in [-0.4, -0.2) is 39.9 Å². The lowest BCUT2D eigenvalue weighted by Gasteiger charge is -2.14. The van der Waals surface area contributed by atoms with E-state index in [9.17, 15) is 0 Å². The third kappa shape index (κ3) is 13.8. The Morgan fingerprint density at radius 2 is 0.537 bits per heavy atom. The van der Waals surface area contributed by atoms with E-state index in [-0.39, 0.29) is 0 Å². The summed E-state index contributed by atoms with van der Waals surface area (Å²) in [6, 6.07) is 19.5. The number of hydrogen-bond donors (Lipinski definition) is 2. The van der Waals surface area contributed by atoms with Gasteiger partial charge in [-0.15, -0.1) is 0 Å². The zero-order chi connectivity index (χ0) is 55.8. The van der Waals surface area contributed by atoms with E-state index in [4.69, 9.17) is 29.9 Å². The molecule has 0 atom stereocenters. The lowest BCUT2D eigenvalue weighted by Crippen LogP contribution is -2.00. The standard InChI is InChI=1S/C72H98N8/c1-9-17-25-33-49-41-42-57-64(56(49)40-32-24-16-8)72-79-65(57)73-66-58-43-50(34-26-18-10-2)51(35-27-19-11-3)44-59(58)67(74-66)75-68-60-45-52(36-28-20-12-4)53(37-29-21-13-5)46-61(60)69(76-68)77-70-62-47-54(38-30-22-14-6)55(39-31-23-15-7)48-63(62)71(78-70)80-72/h41-48H,9-40H2,1-8H3,(H2,73,74,75,76,77,78,79,80). The SMILES string of the molecule is CCCCCc1cc2c(cc1CCCCC)-c1nc-2nc2[nH]c(nc3nc(nc4[nH]c(n1)c1cc(CCCCC)c(CCCCC)cc41)-c1c-3ccc(CCCCC)c1CCCCC)c1cc(CCCCC)c(CCCCC)cc21. The van der Waals surface area contributed by atoms with Crippen molar-refractivity contribution in [2.75, 3.05) is 0 Å². The zero-order valence-corrected chi connectivity index (χ0v) is 50.9. The Kier molecular flexibility index (Phi) is 21.6. The normalized spacial score (nSPS) is 12.1. The third-order valence-corrected chi connectivity index (χ3v) is 17.5. The molecule has 0 fully saturated rings. The second-order valence-electron chi connectivity index (χ2n) is 23.9. The van der Waals surface area contributed by atoms with Crippen LogP contribution in [0.15, 0.2) is 48.5 Å². The molecule has 0 saturated carbocycles. The first-order chi connectivity index (χ1) is 39.3. The minimum Gasteiger partial charge on any atom is -0.324 e. The molecule has 8 bridgehead atoms. The minimum atomic E-state index is 0.711. The summed E-state index contributed by atoms with van der Waals surface area (Å²) in [7, 11) is 0. The fourth-order valence-corrected chi connectivity index (χ4v) is 12.8. The number of nitrogens with zero attached hydrogens (tertiary/aromatic N) is 6. The van der Waals surface area contributed by atoms with Crippen molar-refractivity contribution in [3.63, 3.8) is 0 Å². The number of aromatic amines is 2. The van der Waals surface area contributed by atoms with Crippen molar-refractivity contribution in [1.82, 2.24) is 39.9 Å². The summed E-state index contributed by atoms with van der Waals surface area (Å²) in [5.41, 5.74) is 19.0. The van der Waals surface area contributed by atoms with Gasteiger partial charge in [0.1, 0.15) is 22.6 Å². The molecule has 0 radical (unpaired) electrons. The molecule has 80 heavy (non-hydrogen) atoms. The molecule has 426 valence electrons. The number of rotatable bonds is 32. The smallest absolute Gasteiger partial charge is 0.165 e. The molecule has 3 aromatic heterocycles. The second-order valence-corrected chi connectivity index (χ2v) is 23.9. The fourth-order valence-electron chi connectivity index (χ4n) is 12.8. The highest BCUT2D eigenvalue weighted by atomic mass is 15.1. The number of hydrogen-bond acceptors (Lipinski definition) is 6. The number of aromatic nitrogens is 8. The summed E-state index contributed by atoms with van der Waals surface area (Å²) in [6.45, 7) is 18.5. The Labute approximate surface area is 481 Å². The maximum absolute atomic E-state index is 5.79. The van der Waals surface area contributed by atoms with E-state index in [1.807, 2.05) is 0 Å². The molecular weight excluding hydrogens is 977 g/mol. The fraction of sp³-hybridized carbons (Fsp3) is 0.556. The Morgan fingerprint density at radius 3 is 0.875 bits per heavy atom. The summed E-state index contributed by atoms with van der Waals surface area (Å²) in [4.78, 5) is 41.9. The summed E-state index contributed by atoms with van der Waals surface area (Å²) in [5, 5.41) is 4.39. The lowest BCUT2D eigenvalue weighted by molar-refractivity contribution is 0.694. The topological polar surface area (TPSA) is 109 Å². The van der Waals surface area contributed by atoms with Crippen LogP contribution in [0.4, 0.5) is 0 Å². The lowest BCUT2D eigenvalue weighted by atomic mass is 9.90. The van der Waals surface area contributed by atoms with Crippen molar-refractivity contribution in [3.8, 4) is 45.6 Å². The van der Waals surface area contributed by atoms with Crippen molar-refractivity contribution in [2.24, 2.45) is 0 Å². The van der Waals surface area contributed by atoms with E-state index in [1.54, 1.807) is 0 Å². The van der Waals surface area contributed by atoms with Crippen LogP contribution in [0.1, 0.15) is 254 Å². The maximum atomic E-state index is 5.79. The third-order valence-electron chi connectivity index (χ3n) is 17.5. The van der Waals surface area contributed by atoms with E-state index in [2.05, 4.69) is 114 Å². The molecule has 0 amide bonds. The van der Waals surface area contributed by atoms with Crippen molar-refractivity contribution in [2.45, 2.75) is 261 Å². The predicted octanol–water partition coefficient (Wildman–Crippen LogP) is 20.7. The maximum Gasteiger partial charge on any atom is 0.165 e. The molecule has 2 N–H and O–H groups in total. The van der Waals surface area contributed by atoms with Gasteiger partial charge in [-0.1, -0.05) is 170 Å². The van der Waals surface area contributed by atoms with Gasteiger partial charge in [-0.25, -0.2) is 29.9 Å². The van der Waals surface area contributed by atoms with Crippen molar-refractivity contribution >= 4 is 44.1 Å². The van der Waals surface area contributed by atoms with Gasteiger partial charge in [-0.2, -0.15) is 0 Å². The van der Waals surface area contributed by atoms with Gasteiger partial charge >= 0.3 is 0 Å². The minimum absolute atomic E-state index is 0.711.